The zero-order chi connectivity index (χ0) is 17.8. The topological polar surface area (TPSA) is 60.3 Å². The first-order valence-corrected chi connectivity index (χ1v) is 8.75. The Balaban J connectivity index is 2.00. The van der Waals surface area contributed by atoms with Crippen molar-refractivity contribution in [2.24, 2.45) is 5.73 Å². The van der Waals surface area contributed by atoms with Crippen molar-refractivity contribution in [3.05, 3.63) is 59.3 Å². The number of hydrogen-bond donors (Lipinski definition) is 2. The van der Waals surface area contributed by atoms with Gasteiger partial charge < -0.3 is 20.2 Å². The van der Waals surface area contributed by atoms with E-state index >= 15 is 0 Å². The van der Waals surface area contributed by atoms with Gasteiger partial charge in [-0.2, -0.15) is 0 Å². The fourth-order valence-corrected chi connectivity index (χ4v) is 3.62. The van der Waals surface area contributed by atoms with Gasteiger partial charge in [-0.15, -0.1) is 0 Å². The van der Waals surface area contributed by atoms with E-state index in [0.29, 0.717) is 13.2 Å². The minimum Gasteiger partial charge on any atom is -0.493 e. The minimum atomic E-state index is 0.210. The molecule has 132 valence electrons. The average molecular weight is 338 g/mol. The van der Waals surface area contributed by atoms with Gasteiger partial charge in [0.05, 0.1) is 13.7 Å². The molecule has 0 spiro atoms. The van der Waals surface area contributed by atoms with Crippen molar-refractivity contribution in [3.8, 4) is 11.5 Å². The Morgan fingerprint density at radius 2 is 1.92 bits per heavy atom. The highest BCUT2D eigenvalue weighted by Crippen LogP contribution is 2.36. The van der Waals surface area contributed by atoms with E-state index in [1.54, 1.807) is 7.11 Å². The number of methoxy groups -OCH3 is 1. The van der Waals surface area contributed by atoms with Crippen molar-refractivity contribution < 1.29 is 9.47 Å². The third-order valence-corrected chi connectivity index (χ3v) is 4.67. The Bertz CT molecular complexity index is 854. The number of para-hydroxylation sites is 2. The van der Waals surface area contributed by atoms with Crippen molar-refractivity contribution >= 4 is 10.9 Å². The first-order valence-electron chi connectivity index (χ1n) is 8.75. The highest BCUT2D eigenvalue weighted by Gasteiger charge is 2.21. The van der Waals surface area contributed by atoms with Crippen molar-refractivity contribution in [2.45, 2.75) is 26.2 Å². The van der Waals surface area contributed by atoms with Crippen molar-refractivity contribution in [1.29, 1.82) is 0 Å². The second-order valence-electron chi connectivity index (χ2n) is 6.23. The summed E-state index contributed by atoms with van der Waals surface area (Å²) in [5, 5.41) is 1.25. The molecule has 25 heavy (non-hydrogen) atoms. The average Bonchev–Trinajstić information content (AvgIpc) is 2.96. The number of nitrogens with one attached hydrogen (secondary N) is 1. The van der Waals surface area contributed by atoms with Crippen LogP contribution < -0.4 is 15.2 Å². The summed E-state index contributed by atoms with van der Waals surface area (Å²) in [5.74, 6) is 1.80. The summed E-state index contributed by atoms with van der Waals surface area (Å²) in [7, 11) is 1.69. The monoisotopic (exact) mass is 338 g/mol. The van der Waals surface area contributed by atoms with Gasteiger partial charge in [-0.05, 0) is 50.1 Å². The number of nitrogens with two attached hydrogens (primary N) is 1. The molecule has 4 nitrogen and oxygen atoms in total. The van der Waals surface area contributed by atoms with E-state index in [4.69, 9.17) is 15.2 Å². The molecule has 0 saturated heterocycles. The van der Waals surface area contributed by atoms with Crippen LogP contribution in [0.15, 0.2) is 42.5 Å². The maximum atomic E-state index is 6.17. The molecule has 1 heterocycles. The normalized spacial score (nSPS) is 12.3. The Morgan fingerprint density at radius 3 is 2.64 bits per heavy atom. The third-order valence-electron chi connectivity index (χ3n) is 4.67. The maximum absolute atomic E-state index is 6.17. The van der Waals surface area contributed by atoms with E-state index in [0.717, 1.165) is 29.0 Å². The first-order chi connectivity index (χ1) is 12.2. The molecule has 0 aliphatic carbocycles. The second kappa shape index (κ2) is 7.62. The van der Waals surface area contributed by atoms with Gasteiger partial charge in [0, 0.05) is 22.5 Å². The predicted octanol–water partition coefficient (Wildman–Crippen LogP) is 4.17. The van der Waals surface area contributed by atoms with E-state index in [9.17, 15) is 0 Å². The Morgan fingerprint density at radius 1 is 1.12 bits per heavy atom. The number of aromatic amines is 1. The quantitative estimate of drug-likeness (QED) is 0.680. The van der Waals surface area contributed by atoms with Gasteiger partial charge in [-0.25, -0.2) is 0 Å². The molecule has 0 aliphatic rings. The van der Waals surface area contributed by atoms with E-state index < -0.39 is 0 Å². The third kappa shape index (κ3) is 3.35. The Kier molecular flexibility index (Phi) is 5.29. The fourth-order valence-electron chi connectivity index (χ4n) is 3.62. The summed E-state index contributed by atoms with van der Waals surface area (Å²) >= 11 is 0. The summed E-state index contributed by atoms with van der Waals surface area (Å²) in [6.07, 6.45) is 0.809. The lowest BCUT2D eigenvalue weighted by molar-refractivity contribution is 0.309. The fraction of sp³-hybridized carbons (Fsp3) is 0.333. The van der Waals surface area contributed by atoms with Crippen LogP contribution in [-0.2, 0) is 6.42 Å². The molecule has 0 fully saturated rings. The number of H-pyrrole nitrogens is 1. The molecular weight excluding hydrogens is 312 g/mol. The van der Waals surface area contributed by atoms with Crippen LogP contribution in [0.3, 0.4) is 0 Å². The molecule has 0 aliphatic heterocycles. The minimum absolute atomic E-state index is 0.210. The van der Waals surface area contributed by atoms with E-state index in [2.05, 4.69) is 36.2 Å². The SMILES string of the molecule is CCOc1cccc(CC(CN)c2c(C)[nH]c3ccccc23)c1OC. The Hall–Kier alpha value is -2.46. The molecule has 0 radical (unpaired) electrons. The van der Waals surface area contributed by atoms with E-state index in [1.165, 1.54) is 16.6 Å². The molecule has 1 aromatic heterocycles. The van der Waals surface area contributed by atoms with Gasteiger partial charge in [0.15, 0.2) is 11.5 Å². The molecule has 1 unspecified atom stereocenters. The number of rotatable bonds is 7. The van der Waals surface area contributed by atoms with Crippen LogP contribution in [0.1, 0.15) is 29.7 Å². The number of aromatic nitrogens is 1. The molecule has 2 aromatic carbocycles. The highest BCUT2D eigenvalue weighted by atomic mass is 16.5. The predicted molar refractivity (Wildman–Crippen MR) is 103 cm³/mol. The largest absolute Gasteiger partial charge is 0.493 e. The number of hydrogen-bond acceptors (Lipinski definition) is 3. The Labute approximate surface area is 149 Å². The van der Waals surface area contributed by atoms with Gasteiger partial charge in [-0.1, -0.05) is 30.3 Å². The van der Waals surface area contributed by atoms with Gasteiger partial charge in [-0.3, -0.25) is 0 Å². The summed E-state index contributed by atoms with van der Waals surface area (Å²) in [6, 6.07) is 14.4. The van der Waals surface area contributed by atoms with Crippen LogP contribution in [0.25, 0.3) is 10.9 Å². The van der Waals surface area contributed by atoms with Gasteiger partial charge in [0.2, 0.25) is 0 Å². The molecule has 1 atom stereocenters. The van der Waals surface area contributed by atoms with Crippen LogP contribution in [0, 0.1) is 6.92 Å². The number of fused-ring (bicyclic) bond motifs is 1. The lowest BCUT2D eigenvalue weighted by Gasteiger charge is -2.19. The van der Waals surface area contributed by atoms with Crippen LogP contribution in [0.5, 0.6) is 11.5 Å². The van der Waals surface area contributed by atoms with Crippen molar-refractivity contribution in [2.75, 3.05) is 20.3 Å². The summed E-state index contributed by atoms with van der Waals surface area (Å²) in [5.41, 5.74) is 10.9. The number of ether oxygens (including phenoxy) is 2. The summed E-state index contributed by atoms with van der Waals surface area (Å²) in [4.78, 5) is 3.48. The molecule has 3 rings (SSSR count). The van der Waals surface area contributed by atoms with Crippen molar-refractivity contribution in [3.63, 3.8) is 0 Å². The molecule has 0 bridgehead atoms. The maximum Gasteiger partial charge on any atom is 0.163 e. The van der Waals surface area contributed by atoms with Crippen molar-refractivity contribution in [1.82, 2.24) is 4.98 Å². The number of aryl methyl sites for hydroxylation is 1. The molecule has 3 N–H and O–H groups in total. The zero-order valence-corrected chi connectivity index (χ0v) is 15.1. The van der Waals surface area contributed by atoms with E-state index in [-0.39, 0.29) is 5.92 Å². The van der Waals surface area contributed by atoms with Gasteiger partial charge >= 0.3 is 0 Å². The van der Waals surface area contributed by atoms with Crippen LogP contribution in [0.4, 0.5) is 0 Å². The number of benzene rings is 2. The molecule has 0 saturated carbocycles. The van der Waals surface area contributed by atoms with Crippen LogP contribution in [-0.4, -0.2) is 25.2 Å². The molecular formula is C21H26N2O2. The standard InChI is InChI=1S/C21H26N2O2/c1-4-25-19-11-7-8-15(21(19)24-3)12-16(13-22)20-14(2)23-18-10-6-5-9-17(18)20/h5-11,16,23H,4,12-13,22H2,1-3H3. The molecule has 4 heteroatoms. The van der Waals surface area contributed by atoms with E-state index in [1.807, 2.05) is 25.1 Å². The van der Waals surface area contributed by atoms with Crippen LogP contribution in [0.2, 0.25) is 0 Å². The second-order valence-corrected chi connectivity index (χ2v) is 6.23. The lowest BCUT2D eigenvalue weighted by Crippen LogP contribution is -2.16. The molecule has 0 amide bonds. The first kappa shape index (κ1) is 17.4. The lowest BCUT2D eigenvalue weighted by atomic mass is 9.89. The smallest absolute Gasteiger partial charge is 0.163 e. The zero-order valence-electron chi connectivity index (χ0n) is 15.1. The summed E-state index contributed by atoms with van der Waals surface area (Å²) in [6.45, 7) is 5.28. The summed E-state index contributed by atoms with van der Waals surface area (Å²) < 4.78 is 11.3. The van der Waals surface area contributed by atoms with Gasteiger partial charge in [0.25, 0.3) is 0 Å². The molecule has 3 aromatic rings. The van der Waals surface area contributed by atoms with Gasteiger partial charge in [0.1, 0.15) is 0 Å². The highest BCUT2D eigenvalue weighted by molar-refractivity contribution is 5.85. The van der Waals surface area contributed by atoms with Crippen LogP contribution >= 0.6 is 0 Å².